The Balaban J connectivity index is 1.35. The lowest BCUT2D eigenvalue weighted by Crippen LogP contribution is -2.49. The molecule has 0 atom stereocenters. The van der Waals surface area contributed by atoms with Crippen LogP contribution in [0.2, 0.25) is 0 Å². The van der Waals surface area contributed by atoms with Crippen molar-refractivity contribution in [1.82, 2.24) is 14.6 Å². The Hall–Kier alpha value is -3.44. The van der Waals surface area contributed by atoms with Gasteiger partial charge in [0.25, 0.3) is 5.56 Å². The molecule has 2 aliphatic heterocycles. The Morgan fingerprint density at radius 3 is 2.58 bits per heavy atom. The van der Waals surface area contributed by atoms with E-state index < -0.39 is 22.9 Å². The van der Waals surface area contributed by atoms with Gasteiger partial charge in [-0.25, -0.2) is 4.98 Å². The van der Waals surface area contributed by atoms with Gasteiger partial charge in [0.15, 0.2) is 28.7 Å². The maximum absolute atomic E-state index is 13.0. The van der Waals surface area contributed by atoms with E-state index in [1.54, 1.807) is 25.1 Å². The van der Waals surface area contributed by atoms with Crippen LogP contribution in [-0.4, -0.2) is 47.8 Å². The molecule has 0 aliphatic carbocycles. The van der Waals surface area contributed by atoms with E-state index in [1.165, 1.54) is 6.07 Å². The highest BCUT2D eigenvalue weighted by Crippen LogP contribution is 2.37. The van der Waals surface area contributed by atoms with Crippen molar-refractivity contribution in [3.05, 3.63) is 51.9 Å². The van der Waals surface area contributed by atoms with Gasteiger partial charge in [-0.2, -0.15) is 17.7 Å². The minimum absolute atomic E-state index is 0.160. The number of benzene rings is 1. The molecule has 3 aromatic rings. The first-order valence-electron chi connectivity index (χ1n) is 10.2. The number of anilines is 1. The summed E-state index contributed by atoms with van der Waals surface area (Å²) in [6.45, 7) is 2.82. The Bertz CT molecular complexity index is 1290. The predicted octanol–water partition coefficient (Wildman–Crippen LogP) is 2.69. The number of fused-ring (bicyclic) bond motifs is 2. The average molecular weight is 458 g/mol. The number of aromatic nitrogens is 3. The highest BCUT2D eigenvalue weighted by atomic mass is 19.4. The number of aryl methyl sites for hydroxylation is 1. The molecule has 0 saturated carbocycles. The van der Waals surface area contributed by atoms with Crippen molar-refractivity contribution in [2.45, 2.75) is 31.4 Å². The Morgan fingerprint density at radius 2 is 1.85 bits per heavy atom. The zero-order chi connectivity index (χ0) is 23.4. The molecule has 0 spiro atoms. The minimum Gasteiger partial charge on any atom is -0.497 e. The lowest BCUT2D eigenvalue weighted by Gasteiger charge is -2.41. The van der Waals surface area contributed by atoms with Gasteiger partial charge in [-0.1, -0.05) is 0 Å². The van der Waals surface area contributed by atoms with Gasteiger partial charge >= 0.3 is 6.18 Å². The van der Waals surface area contributed by atoms with Gasteiger partial charge in [0.2, 0.25) is 6.79 Å². The summed E-state index contributed by atoms with van der Waals surface area (Å²) in [5.41, 5.74) is -2.62. The minimum atomic E-state index is -4.71. The molecule has 4 heterocycles. The largest absolute Gasteiger partial charge is 0.497 e. The molecular weight excluding hydrogens is 440 g/mol. The summed E-state index contributed by atoms with van der Waals surface area (Å²) in [5, 5.41) is 4.28. The molecule has 0 N–H and O–H groups in total. The number of hydrogen-bond donors (Lipinski definition) is 0. The lowest BCUT2D eigenvalue weighted by molar-refractivity contribution is -0.141. The molecule has 1 fully saturated rings. The van der Waals surface area contributed by atoms with Crippen LogP contribution >= 0.6 is 0 Å². The first kappa shape index (κ1) is 21.4. The molecule has 5 rings (SSSR count). The summed E-state index contributed by atoms with van der Waals surface area (Å²) in [6, 6.07) is 7.12. The molecule has 33 heavy (non-hydrogen) atoms. The molecule has 1 saturated heterocycles. The molecule has 2 radical (unpaired) electrons. The molecule has 2 aliphatic rings. The van der Waals surface area contributed by atoms with Crippen LogP contribution in [0.4, 0.5) is 19.0 Å². The third-order valence-corrected chi connectivity index (χ3v) is 5.68. The van der Waals surface area contributed by atoms with Gasteiger partial charge in [-0.3, -0.25) is 4.79 Å². The van der Waals surface area contributed by atoms with Crippen LogP contribution in [0.25, 0.3) is 5.65 Å². The number of piperidine rings is 1. The fraction of sp³-hybridized carbons (Fsp3) is 0.381. The average Bonchev–Trinajstić information content (AvgIpc) is 3.21. The van der Waals surface area contributed by atoms with Crippen LogP contribution in [-0.2, 0) is 6.18 Å². The van der Waals surface area contributed by atoms with Crippen molar-refractivity contribution < 1.29 is 27.4 Å². The van der Waals surface area contributed by atoms with Crippen LogP contribution in [0.5, 0.6) is 17.2 Å². The third-order valence-electron chi connectivity index (χ3n) is 5.68. The number of rotatable bonds is 3. The van der Waals surface area contributed by atoms with E-state index in [1.807, 2.05) is 4.90 Å². The number of nitrogens with zero attached hydrogens (tertiary/aromatic N) is 4. The van der Waals surface area contributed by atoms with E-state index >= 15 is 0 Å². The van der Waals surface area contributed by atoms with Gasteiger partial charge in [0, 0.05) is 25.2 Å². The number of ether oxygens (including phenoxy) is 3. The highest BCUT2D eigenvalue weighted by molar-refractivity contribution is 6.14. The van der Waals surface area contributed by atoms with Crippen LogP contribution < -0.4 is 24.7 Å². The van der Waals surface area contributed by atoms with E-state index in [4.69, 9.17) is 22.1 Å². The standard InChI is InChI=1S/C21H18BF3N4O4/c1-12-8-17-26-16(21(23,24)25)10-18(30)29(17)27-19(12)28-6-4-20(22,5-7-28)33-13-2-3-14-15(9-13)32-11-31-14/h2-3,8-10H,4-7,11H2,1H3. The van der Waals surface area contributed by atoms with E-state index in [2.05, 4.69) is 10.1 Å². The summed E-state index contributed by atoms with van der Waals surface area (Å²) in [5.74, 6) is 2.29. The molecular formula is C21H18BF3N4O4. The molecule has 0 bridgehead atoms. The van der Waals surface area contributed by atoms with Crippen molar-refractivity contribution in [2.24, 2.45) is 0 Å². The van der Waals surface area contributed by atoms with Crippen molar-refractivity contribution in [1.29, 1.82) is 0 Å². The normalized spacial score (nSPS) is 17.4. The topological polar surface area (TPSA) is 78.2 Å². The molecule has 8 nitrogen and oxygen atoms in total. The summed E-state index contributed by atoms with van der Waals surface area (Å²) >= 11 is 0. The lowest BCUT2D eigenvalue weighted by atomic mass is 9.73. The van der Waals surface area contributed by atoms with Crippen molar-refractivity contribution >= 4 is 19.3 Å². The Labute approximate surface area is 187 Å². The molecule has 170 valence electrons. The molecule has 12 heteroatoms. The second kappa shape index (κ2) is 7.56. The fourth-order valence-corrected chi connectivity index (χ4v) is 3.95. The SMILES string of the molecule is [B]C1(Oc2ccc3c(c2)OCO3)CCN(c2nn3c(=O)cc(C(F)(F)F)nc3cc2C)CC1. The zero-order valence-corrected chi connectivity index (χ0v) is 17.6. The maximum atomic E-state index is 13.0. The Morgan fingerprint density at radius 1 is 1.12 bits per heavy atom. The van der Waals surface area contributed by atoms with Crippen molar-refractivity contribution in [3.63, 3.8) is 0 Å². The van der Waals surface area contributed by atoms with Crippen LogP contribution in [0.1, 0.15) is 24.1 Å². The van der Waals surface area contributed by atoms with Crippen LogP contribution in [0.3, 0.4) is 0 Å². The number of hydrogen-bond acceptors (Lipinski definition) is 7. The van der Waals surface area contributed by atoms with Gasteiger partial charge in [0.05, 0.1) is 5.50 Å². The van der Waals surface area contributed by atoms with Crippen LogP contribution in [0.15, 0.2) is 35.1 Å². The third kappa shape index (κ3) is 4.05. The van der Waals surface area contributed by atoms with Gasteiger partial charge < -0.3 is 19.1 Å². The second-order valence-electron chi connectivity index (χ2n) is 8.07. The summed E-state index contributed by atoms with van der Waals surface area (Å²) in [7, 11) is 6.47. The van der Waals surface area contributed by atoms with E-state index in [9.17, 15) is 18.0 Å². The predicted molar refractivity (Wildman–Crippen MR) is 112 cm³/mol. The smallest absolute Gasteiger partial charge is 0.433 e. The van der Waals surface area contributed by atoms with Gasteiger partial charge in [-0.15, -0.1) is 5.10 Å². The summed E-state index contributed by atoms with van der Waals surface area (Å²) in [4.78, 5) is 17.7. The second-order valence-corrected chi connectivity index (χ2v) is 8.07. The summed E-state index contributed by atoms with van der Waals surface area (Å²) < 4.78 is 56.5. The molecule has 2 aromatic heterocycles. The van der Waals surface area contributed by atoms with Gasteiger partial charge in [0.1, 0.15) is 13.6 Å². The molecule has 0 amide bonds. The number of halogens is 3. The number of alkyl halides is 3. The fourth-order valence-electron chi connectivity index (χ4n) is 3.95. The molecule has 0 unspecified atom stereocenters. The van der Waals surface area contributed by atoms with E-state index in [0.29, 0.717) is 60.6 Å². The maximum Gasteiger partial charge on any atom is 0.433 e. The quantitative estimate of drug-likeness (QED) is 0.559. The Kier molecular flexibility index (Phi) is 4.91. The van der Waals surface area contributed by atoms with Crippen LogP contribution in [0, 0.1) is 6.92 Å². The monoisotopic (exact) mass is 458 g/mol. The zero-order valence-electron chi connectivity index (χ0n) is 17.6. The molecule has 1 aromatic carbocycles. The first-order valence-corrected chi connectivity index (χ1v) is 10.2. The van der Waals surface area contributed by atoms with Gasteiger partial charge in [-0.05, 0) is 43.5 Å². The first-order chi connectivity index (χ1) is 15.6. The highest BCUT2D eigenvalue weighted by Gasteiger charge is 2.35. The van der Waals surface area contributed by atoms with Crippen molar-refractivity contribution in [3.8, 4) is 17.2 Å². The van der Waals surface area contributed by atoms with E-state index in [0.717, 1.165) is 4.52 Å². The van der Waals surface area contributed by atoms with Crippen molar-refractivity contribution in [2.75, 3.05) is 24.8 Å². The summed E-state index contributed by atoms with van der Waals surface area (Å²) in [6.07, 6.45) is -3.79. The van der Waals surface area contributed by atoms with E-state index in [-0.39, 0.29) is 12.4 Å².